The van der Waals surface area contributed by atoms with Crippen LogP contribution in [0, 0.1) is 0 Å². The molecule has 1 heterocycles. The lowest BCUT2D eigenvalue weighted by Crippen LogP contribution is -2.27. The van der Waals surface area contributed by atoms with Crippen LogP contribution in [0.25, 0.3) is 0 Å². The first-order chi connectivity index (χ1) is 15.8. The largest absolute Gasteiger partial charge is 0.497 e. The van der Waals surface area contributed by atoms with Gasteiger partial charge in [0.05, 0.1) is 18.4 Å². The fourth-order valence-corrected chi connectivity index (χ4v) is 4.64. The lowest BCUT2D eigenvalue weighted by molar-refractivity contribution is -0.137. The quantitative estimate of drug-likeness (QED) is 0.514. The summed E-state index contributed by atoms with van der Waals surface area (Å²) in [4.78, 5) is 26.6. The van der Waals surface area contributed by atoms with Crippen molar-refractivity contribution in [2.75, 3.05) is 23.1 Å². The van der Waals surface area contributed by atoms with Gasteiger partial charge < -0.3 is 10.1 Å². The van der Waals surface area contributed by atoms with Crippen LogP contribution >= 0.6 is 11.8 Å². The van der Waals surface area contributed by atoms with Crippen molar-refractivity contribution < 1.29 is 27.5 Å². The van der Waals surface area contributed by atoms with Crippen LogP contribution in [0.1, 0.15) is 26.9 Å². The van der Waals surface area contributed by atoms with Gasteiger partial charge in [0.15, 0.2) is 0 Å². The molecule has 1 aliphatic heterocycles. The summed E-state index contributed by atoms with van der Waals surface area (Å²) in [6.45, 7) is 0. The van der Waals surface area contributed by atoms with Crippen molar-refractivity contribution >= 4 is 35.0 Å². The molecule has 4 rings (SSSR count). The molecule has 0 spiro atoms. The van der Waals surface area contributed by atoms with Crippen LogP contribution in [-0.4, -0.2) is 24.7 Å². The molecule has 0 aliphatic carbocycles. The maximum Gasteiger partial charge on any atom is 0.416 e. The minimum absolute atomic E-state index is 0.0166. The number of rotatable bonds is 5. The Morgan fingerprint density at radius 1 is 1.06 bits per heavy atom. The number of nitrogens with one attached hydrogen (secondary N) is 1. The van der Waals surface area contributed by atoms with Gasteiger partial charge in [-0.15, -0.1) is 11.8 Å². The first kappa shape index (κ1) is 22.7. The predicted octanol–water partition coefficient (Wildman–Crippen LogP) is 5.74. The zero-order chi connectivity index (χ0) is 23.6. The standard InChI is InChI=1S/C24H19F3N2O3S/c1-32-20-11-9-19(10-12-20)29-21(30)14-33-23(29)15-5-7-18(8-6-15)28-22(31)16-3-2-4-17(13-16)24(25,26)27/h2-13,23H,14H2,1H3,(H,28,31)/t23-/m0/s1. The number of methoxy groups -OCH3 is 1. The van der Waals surface area contributed by atoms with E-state index in [4.69, 9.17) is 4.74 Å². The first-order valence-corrected chi connectivity index (χ1v) is 11.0. The van der Waals surface area contributed by atoms with Gasteiger partial charge in [0.1, 0.15) is 11.1 Å². The van der Waals surface area contributed by atoms with Gasteiger partial charge >= 0.3 is 6.18 Å². The molecule has 170 valence electrons. The Bertz CT molecular complexity index is 1160. The predicted molar refractivity (Wildman–Crippen MR) is 122 cm³/mol. The molecule has 0 bridgehead atoms. The highest BCUT2D eigenvalue weighted by molar-refractivity contribution is 8.00. The molecule has 0 radical (unpaired) electrons. The molecule has 9 heteroatoms. The van der Waals surface area contributed by atoms with E-state index in [0.717, 1.165) is 23.4 Å². The first-order valence-electron chi connectivity index (χ1n) is 9.92. The summed E-state index contributed by atoms with van der Waals surface area (Å²) in [5.41, 5.74) is 1.08. The normalized spacial score (nSPS) is 16.1. The molecule has 3 aromatic carbocycles. The van der Waals surface area contributed by atoms with E-state index in [1.54, 1.807) is 48.4 Å². The number of benzene rings is 3. The molecule has 0 unspecified atom stereocenters. The maximum atomic E-state index is 12.9. The van der Waals surface area contributed by atoms with Gasteiger partial charge in [0.25, 0.3) is 5.91 Å². The third-order valence-corrected chi connectivity index (χ3v) is 6.34. The average Bonchev–Trinajstić information content (AvgIpc) is 3.20. The van der Waals surface area contributed by atoms with Crippen LogP contribution in [0.3, 0.4) is 0 Å². The summed E-state index contributed by atoms with van der Waals surface area (Å²) < 4.78 is 43.9. The SMILES string of the molecule is COc1ccc(N2C(=O)CS[C@H]2c2ccc(NC(=O)c3cccc(C(F)(F)F)c3)cc2)cc1. The Morgan fingerprint density at radius 3 is 2.39 bits per heavy atom. The van der Waals surface area contributed by atoms with Crippen LogP contribution in [0.5, 0.6) is 5.75 Å². The molecule has 1 fully saturated rings. The van der Waals surface area contributed by atoms with Gasteiger partial charge in [-0.1, -0.05) is 18.2 Å². The zero-order valence-corrected chi connectivity index (χ0v) is 18.2. The number of anilines is 2. The molecule has 0 aromatic heterocycles. The second-order valence-corrected chi connectivity index (χ2v) is 8.35. The monoisotopic (exact) mass is 472 g/mol. The second kappa shape index (κ2) is 9.19. The van der Waals surface area contributed by atoms with Crippen LogP contribution < -0.4 is 15.0 Å². The number of hydrogen-bond acceptors (Lipinski definition) is 4. The number of nitrogens with zero attached hydrogens (tertiary/aromatic N) is 1. The zero-order valence-electron chi connectivity index (χ0n) is 17.4. The summed E-state index contributed by atoms with van der Waals surface area (Å²) in [6, 6.07) is 18.4. The third-order valence-electron chi connectivity index (χ3n) is 5.12. The third kappa shape index (κ3) is 4.98. The topological polar surface area (TPSA) is 58.6 Å². The van der Waals surface area contributed by atoms with E-state index in [1.165, 1.54) is 23.9 Å². The van der Waals surface area contributed by atoms with Crippen LogP contribution in [0.2, 0.25) is 0 Å². The van der Waals surface area contributed by atoms with Gasteiger partial charge in [-0.05, 0) is 60.2 Å². The molecular formula is C24H19F3N2O3S. The summed E-state index contributed by atoms with van der Waals surface area (Å²) in [5, 5.41) is 2.37. The highest BCUT2D eigenvalue weighted by atomic mass is 32.2. The highest BCUT2D eigenvalue weighted by Gasteiger charge is 2.34. The lowest BCUT2D eigenvalue weighted by atomic mass is 10.1. The molecule has 33 heavy (non-hydrogen) atoms. The van der Waals surface area contributed by atoms with E-state index in [0.29, 0.717) is 17.2 Å². The Morgan fingerprint density at radius 2 is 1.76 bits per heavy atom. The Hall–Kier alpha value is -3.46. The van der Waals surface area contributed by atoms with Gasteiger partial charge in [0, 0.05) is 16.9 Å². The van der Waals surface area contributed by atoms with E-state index >= 15 is 0 Å². The highest BCUT2D eigenvalue weighted by Crippen LogP contribution is 2.42. The van der Waals surface area contributed by atoms with E-state index in [9.17, 15) is 22.8 Å². The maximum absolute atomic E-state index is 12.9. The number of thioether (sulfide) groups is 1. The van der Waals surface area contributed by atoms with Crippen LogP contribution in [0.4, 0.5) is 24.5 Å². The molecule has 0 saturated carbocycles. The van der Waals surface area contributed by atoms with E-state index in [1.807, 2.05) is 12.1 Å². The number of carbonyl (C=O) groups is 2. The van der Waals surface area contributed by atoms with Crippen LogP contribution in [0.15, 0.2) is 72.8 Å². The fourth-order valence-electron chi connectivity index (χ4n) is 3.46. The van der Waals surface area contributed by atoms with Crippen molar-refractivity contribution in [1.29, 1.82) is 0 Å². The van der Waals surface area contributed by atoms with Crippen molar-refractivity contribution in [2.45, 2.75) is 11.6 Å². The van der Waals surface area contributed by atoms with Crippen LogP contribution in [-0.2, 0) is 11.0 Å². The second-order valence-electron chi connectivity index (χ2n) is 7.28. The number of halogens is 3. The summed E-state index contributed by atoms with van der Waals surface area (Å²) in [5.74, 6) is 0.372. The van der Waals surface area contributed by atoms with Gasteiger partial charge in [-0.2, -0.15) is 13.2 Å². The van der Waals surface area contributed by atoms with Crippen molar-refractivity contribution in [3.05, 3.63) is 89.5 Å². The van der Waals surface area contributed by atoms with E-state index in [-0.39, 0.29) is 16.8 Å². The van der Waals surface area contributed by atoms with Crippen molar-refractivity contribution in [3.63, 3.8) is 0 Å². The number of ether oxygens (including phenoxy) is 1. The number of alkyl halides is 3. The van der Waals surface area contributed by atoms with Crippen molar-refractivity contribution in [2.24, 2.45) is 0 Å². The van der Waals surface area contributed by atoms with Gasteiger partial charge in [0.2, 0.25) is 5.91 Å². The van der Waals surface area contributed by atoms with Gasteiger partial charge in [-0.3, -0.25) is 14.5 Å². The Labute approximate surface area is 192 Å². The molecule has 1 aliphatic rings. The number of amides is 2. The van der Waals surface area contributed by atoms with E-state index < -0.39 is 17.6 Å². The number of carbonyl (C=O) groups excluding carboxylic acids is 2. The summed E-state index contributed by atoms with van der Waals surface area (Å²) >= 11 is 1.49. The minimum atomic E-state index is -4.52. The van der Waals surface area contributed by atoms with Crippen molar-refractivity contribution in [1.82, 2.24) is 0 Å². The average molecular weight is 472 g/mol. The summed E-state index contributed by atoms with van der Waals surface area (Å²) in [6.07, 6.45) is -4.52. The van der Waals surface area contributed by atoms with Crippen molar-refractivity contribution in [3.8, 4) is 5.75 Å². The molecule has 5 nitrogen and oxygen atoms in total. The molecule has 1 N–H and O–H groups in total. The minimum Gasteiger partial charge on any atom is -0.497 e. The Kier molecular flexibility index (Phi) is 6.33. The van der Waals surface area contributed by atoms with Gasteiger partial charge in [-0.25, -0.2) is 0 Å². The fraction of sp³-hybridized carbons (Fsp3) is 0.167. The molecule has 1 atom stereocenters. The smallest absolute Gasteiger partial charge is 0.416 e. The molecule has 3 aromatic rings. The lowest BCUT2D eigenvalue weighted by Gasteiger charge is -2.24. The van der Waals surface area contributed by atoms with E-state index in [2.05, 4.69) is 5.32 Å². The summed E-state index contributed by atoms with van der Waals surface area (Å²) in [7, 11) is 1.57. The Balaban J connectivity index is 1.49. The molecule has 2 amide bonds. The molecule has 1 saturated heterocycles. The number of hydrogen-bond donors (Lipinski definition) is 1. The molecular weight excluding hydrogens is 453 g/mol.